The fourth-order valence-electron chi connectivity index (χ4n) is 3.17. The van der Waals surface area contributed by atoms with Gasteiger partial charge in [-0.2, -0.15) is 0 Å². The molecule has 0 bridgehead atoms. The van der Waals surface area contributed by atoms with E-state index in [0.717, 1.165) is 46.1 Å². The van der Waals surface area contributed by atoms with Crippen molar-refractivity contribution in [3.8, 4) is 0 Å². The summed E-state index contributed by atoms with van der Waals surface area (Å²) in [6, 6.07) is 10.0. The van der Waals surface area contributed by atoms with Crippen LogP contribution >= 0.6 is 22.7 Å². The molecule has 0 spiro atoms. The third-order valence-electron chi connectivity index (χ3n) is 4.49. The minimum Gasteiger partial charge on any atom is -0.376 e. The molecule has 25 heavy (non-hydrogen) atoms. The molecular weight excluding hydrogens is 352 g/mol. The minimum absolute atomic E-state index is 0.0163. The summed E-state index contributed by atoms with van der Waals surface area (Å²) in [5.41, 5.74) is 2.24. The number of thiophene rings is 1. The Balaban J connectivity index is 1.72. The Labute approximate surface area is 155 Å². The van der Waals surface area contributed by atoms with Crippen molar-refractivity contribution >= 4 is 43.9 Å². The lowest BCUT2D eigenvalue weighted by atomic mass is 10.1. The Hall–Kier alpha value is -1.76. The molecule has 1 aliphatic rings. The lowest BCUT2D eigenvalue weighted by Gasteiger charge is -2.22. The number of para-hydroxylation sites is 1. The van der Waals surface area contributed by atoms with E-state index in [4.69, 9.17) is 9.72 Å². The number of rotatable bonds is 5. The fraction of sp³-hybridized carbons (Fsp3) is 0.368. The molecule has 1 fully saturated rings. The van der Waals surface area contributed by atoms with E-state index < -0.39 is 0 Å². The van der Waals surface area contributed by atoms with Gasteiger partial charge in [-0.25, -0.2) is 4.98 Å². The first-order chi connectivity index (χ1) is 12.3. The first kappa shape index (κ1) is 16.7. The maximum Gasteiger partial charge on any atom is 0.270 e. The van der Waals surface area contributed by atoms with Crippen molar-refractivity contribution in [3.63, 3.8) is 0 Å². The minimum atomic E-state index is 0.0163. The largest absolute Gasteiger partial charge is 0.376 e. The third-order valence-corrected chi connectivity index (χ3v) is 6.39. The van der Waals surface area contributed by atoms with Crippen LogP contribution in [0.15, 0.2) is 35.7 Å². The molecule has 1 saturated heterocycles. The fourth-order valence-corrected chi connectivity index (χ4v) is 4.86. The topological polar surface area (TPSA) is 42.4 Å². The number of ether oxygens (including phenoxy) is 1. The van der Waals surface area contributed by atoms with Gasteiger partial charge in [-0.05, 0) is 42.3 Å². The molecule has 2 aromatic heterocycles. The number of aryl methyl sites for hydroxylation is 1. The number of carbonyl (C=O) groups excluding carboxylic acids is 1. The highest BCUT2D eigenvalue weighted by Gasteiger charge is 2.27. The summed E-state index contributed by atoms with van der Waals surface area (Å²) in [5, 5.41) is 2.70. The van der Waals surface area contributed by atoms with E-state index in [1.54, 1.807) is 11.3 Å². The van der Waals surface area contributed by atoms with E-state index in [-0.39, 0.29) is 12.0 Å². The van der Waals surface area contributed by atoms with E-state index in [1.807, 2.05) is 22.4 Å². The molecule has 1 atom stereocenters. The van der Waals surface area contributed by atoms with Gasteiger partial charge in [-0.15, -0.1) is 11.3 Å². The van der Waals surface area contributed by atoms with Gasteiger partial charge in [0.05, 0.1) is 27.7 Å². The molecule has 130 valence electrons. The zero-order chi connectivity index (χ0) is 17.2. The summed E-state index contributed by atoms with van der Waals surface area (Å²) in [6.07, 6.45) is 3.09. The van der Waals surface area contributed by atoms with Gasteiger partial charge in [-0.1, -0.05) is 36.5 Å². The van der Waals surface area contributed by atoms with E-state index in [1.165, 1.54) is 16.9 Å². The molecule has 1 unspecified atom stereocenters. The number of nitrogens with zero attached hydrogens (tertiary/aromatic N) is 2. The van der Waals surface area contributed by atoms with Crippen LogP contribution in [0.3, 0.4) is 0 Å². The van der Waals surface area contributed by atoms with Crippen LogP contribution in [-0.2, 0) is 11.2 Å². The number of fused-ring (bicyclic) bond motifs is 1. The standard InChI is InChI=1S/C19H20N2O2S2/c1-2-13-6-3-8-15-17(13)20-19(25-15)21(12-14-7-4-10-23-14)18(22)16-9-5-11-24-16/h3,5-6,8-9,11,14H,2,4,7,10,12H2,1H3. The van der Waals surface area contributed by atoms with Crippen molar-refractivity contribution in [2.75, 3.05) is 18.1 Å². The van der Waals surface area contributed by atoms with E-state index >= 15 is 0 Å². The van der Waals surface area contributed by atoms with Gasteiger partial charge >= 0.3 is 0 Å². The number of aromatic nitrogens is 1. The summed E-state index contributed by atoms with van der Waals surface area (Å²) in [6.45, 7) is 3.48. The van der Waals surface area contributed by atoms with Gasteiger partial charge in [0.15, 0.2) is 5.13 Å². The van der Waals surface area contributed by atoms with E-state index in [9.17, 15) is 4.79 Å². The van der Waals surface area contributed by atoms with Crippen molar-refractivity contribution in [2.45, 2.75) is 32.3 Å². The normalized spacial score (nSPS) is 17.2. The zero-order valence-electron chi connectivity index (χ0n) is 14.1. The summed E-state index contributed by atoms with van der Waals surface area (Å²) in [4.78, 5) is 20.5. The highest BCUT2D eigenvalue weighted by molar-refractivity contribution is 7.22. The molecule has 4 nitrogen and oxygen atoms in total. The van der Waals surface area contributed by atoms with Crippen molar-refractivity contribution in [3.05, 3.63) is 46.2 Å². The van der Waals surface area contributed by atoms with Gasteiger partial charge in [0.1, 0.15) is 0 Å². The van der Waals surface area contributed by atoms with Crippen LogP contribution in [0, 0.1) is 0 Å². The highest BCUT2D eigenvalue weighted by Crippen LogP contribution is 2.33. The van der Waals surface area contributed by atoms with Crippen LogP contribution in [0.4, 0.5) is 5.13 Å². The van der Waals surface area contributed by atoms with Crippen LogP contribution in [-0.4, -0.2) is 30.1 Å². The van der Waals surface area contributed by atoms with Crippen LogP contribution in [0.2, 0.25) is 0 Å². The molecule has 3 aromatic rings. The average Bonchev–Trinajstić information content (AvgIpc) is 3.39. The van der Waals surface area contributed by atoms with Gasteiger partial charge < -0.3 is 4.74 Å². The first-order valence-corrected chi connectivity index (χ1v) is 10.3. The molecule has 0 radical (unpaired) electrons. The van der Waals surface area contributed by atoms with E-state index in [0.29, 0.717) is 6.54 Å². The second-order valence-electron chi connectivity index (χ2n) is 6.14. The Kier molecular flexibility index (Phi) is 4.83. The Bertz CT molecular complexity index is 867. The smallest absolute Gasteiger partial charge is 0.270 e. The van der Waals surface area contributed by atoms with Crippen LogP contribution in [0.5, 0.6) is 0 Å². The van der Waals surface area contributed by atoms with Crippen LogP contribution < -0.4 is 4.90 Å². The number of hydrogen-bond donors (Lipinski definition) is 0. The number of thiazole rings is 1. The number of anilines is 1. The SMILES string of the molecule is CCc1cccc2sc(N(CC3CCCO3)C(=O)c3cccs3)nc12. The summed E-state index contributed by atoms with van der Waals surface area (Å²) in [5.74, 6) is 0.0163. The molecule has 0 N–H and O–H groups in total. The Morgan fingerprint density at radius 2 is 2.28 bits per heavy atom. The average molecular weight is 373 g/mol. The van der Waals surface area contributed by atoms with E-state index in [2.05, 4.69) is 25.1 Å². The second kappa shape index (κ2) is 7.23. The molecule has 0 saturated carbocycles. The van der Waals surface area contributed by atoms with Crippen LogP contribution in [0.1, 0.15) is 35.0 Å². The second-order valence-corrected chi connectivity index (χ2v) is 8.10. The van der Waals surface area contributed by atoms with Gasteiger partial charge in [0.25, 0.3) is 5.91 Å². The van der Waals surface area contributed by atoms with Crippen molar-refractivity contribution < 1.29 is 9.53 Å². The van der Waals surface area contributed by atoms with Crippen molar-refractivity contribution in [1.82, 2.24) is 4.98 Å². The molecule has 3 heterocycles. The zero-order valence-corrected chi connectivity index (χ0v) is 15.7. The molecule has 6 heteroatoms. The number of hydrogen-bond acceptors (Lipinski definition) is 5. The molecule has 1 amide bonds. The van der Waals surface area contributed by atoms with Gasteiger partial charge in [0.2, 0.25) is 0 Å². The predicted octanol–water partition coefficient (Wildman–Crippen LogP) is 4.75. The molecule has 4 rings (SSSR count). The molecule has 1 aromatic carbocycles. The van der Waals surface area contributed by atoms with Gasteiger partial charge in [-0.3, -0.25) is 9.69 Å². The molecule has 1 aliphatic heterocycles. The summed E-state index contributed by atoms with van der Waals surface area (Å²) >= 11 is 3.06. The number of benzene rings is 1. The predicted molar refractivity (Wildman–Crippen MR) is 104 cm³/mol. The maximum atomic E-state index is 13.1. The first-order valence-electron chi connectivity index (χ1n) is 8.61. The van der Waals surface area contributed by atoms with Crippen molar-refractivity contribution in [1.29, 1.82) is 0 Å². The lowest BCUT2D eigenvalue weighted by Crippen LogP contribution is -2.37. The summed E-state index contributed by atoms with van der Waals surface area (Å²) < 4.78 is 6.91. The van der Waals surface area contributed by atoms with Crippen LogP contribution in [0.25, 0.3) is 10.2 Å². The van der Waals surface area contributed by atoms with Crippen molar-refractivity contribution in [2.24, 2.45) is 0 Å². The highest BCUT2D eigenvalue weighted by atomic mass is 32.1. The molecule has 0 aliphatic carbocycles. The Morgan fingerprint density at radius 1 is 1.36 bits per heavy atom. The molecular formula is C19H20N2O2S2. The number of amides is 1. The maximum absolute atomic E-state index is 13.1. The lowest BCUT2D eigenvalue weighted by molar-refractivity contribution is 0.0920. The quantitative estimate of drug-likeness (QED) is 0.649. The van der Waals surface area contributed by atoms with Gasteiger partial charge in [0, 0.05) is 6.61 Å². The third kappa shape index (κ3) is 3.34. The monoisotopic (exact) mass is 372 g/mol. The Morgan fingerprint density at radius 3 is 3.00 bits per heavy atom. The number of carbonyl (C=O) groups is 1. The summed E-state index contributed by atoms with van der Waals surface area (Å²) in [7, 11) is 0.